The van der Waals surface area contributed by atoms with E-state index in [9.17, 15) is 15.0 Å². The minimum absolute atomic E-state index is 0.541. The molecule has 0 aromatic carbocycles. The first-order valence-electron chi connectivity index (χ1n) is 7.23. The second-order valence-corrected chi connectivity index (χ2v) is 6.04. The van der Waals surface area contributed by atoms with Gasteiger partial charge in [0.05, 0.1) is 5.60 Å². The van der Waals surface area contributed by atoms with Crippen molar-refractivity contribution >= 4 is 5.97 Å². The SMILES string of the molecule is CCCC1(C(=O)O)CCCN1CC1(O)CCCC1. The number of carbonyl (C=O) groups is 1. The van der Waals surface area contributed by atoms with Crippen LogP contribution in [0.3, 0.4) is 0 Å². The maximum atomic E-state index is 11.7. The summed E-state index contributed by atoms with van der Waals surface area (Å²) in [5.41, 5.74) is -1.36. The molecule has 1 aliphatic heterocycles. The van der Waals surface area contributed by atoms with Crippen molar-refractivity contribution in [2.45, 2.75) is 69.4 Å². The highest BCUT2D eigenvalue weighted by Crippen LogP contribution is 2.38. The van der Waals surface area contributed by atoms with E-state index < -0.39 is 17.1 Å². The summed E-state index contributed by atoms with van der Waals surface area (Å²) < 4.78 is 0. The first kappa shape index (κ1) is 13.8. The third-order valence-electron chi connectivity index (χ3n) is 4.70. The lowest BCUT2D eigenvalue weighted by atomic mass is 9.89. The van der Waals surface area contributed by atoms with Gasteiger partial charge in [-0.25, -0.2) is 0 Å². The van der Waals surface area contributed by atoms with Crippen molar-refractivity contribution in [1.82, 2.24) is 4.90 Å². The molecule has 2 rings (SSSR count). The van der Waals surface area contributed by atoms with E-state index in [0.29, 0.717) is 13.0 Å². The molecule has 2 N–H and O–H groups in total. The Labute approximate surface area is 109 Å². The van der Waals surface area contributed by atoms with Crippen LogP contribution in [0.5, 0.6) is 0 Å². The van der Waals surface area contributed by atoms with Gasteiger partial charge in [0.25, 0.3) is 0 Å². The number of rotatable bonds is 5. The Bertz CT molecular complexity index is 312. The van der Waals surface area contributed by atoms with Gasteiger partial charge in [0, 0.05) is 6.54 Å². The topological polar surface area (TPSA) is 60.8 Å². The molecule has 0 radical (unpaired) electrons. The summed E-state index contributed by atoms with van der Waals surface area (Å²) in [4.78, 5) is 13.7. The van der Waals surface area contributed by atoms with Crippen LogP contribution in [0.15, 0.2) is 0 Å². The third kappa shape index (κ3) is 2.41. The number of likely N-dealkylation sites (tertiary alicyclic amines) is 1. The van der Waals surface area contributed by atoms with Crippen LogP contribution in [0.4, 0.5) is 0 Å². The minimum atomic E-state index is -0.715. The molecule has 104 valence electrons. The molecule has 18 heavy (non-hydrogen) atoms. The van der Waals surface area contributed by atoms with Crippen molar-refractivity contribution in [3.8, 4) is 0 Å². The first-order chi connectivity index (χ1) is 8.52. The highest BCUT2D eigenvalue weighted by Gasteiger charge is 2.49. The predicted molar refractivity (Wildman–Crippen MR) is 69.5 cm³/mol. The van der Waals surface area contributed by atoms with E-state index in [-0.39, 0.29) is 0 Å². The number of hydrogen-bond donors (Lipinski definition) is 2. The van der Waals surface area contributed by atoms with E-state index in [1.807, 2.05) is 11.8 Å². The molecule has 4 nitrogen and oxygen atoms in total. The second-order valence-electron chi connectivity index (χ2n) is 6.04. The summed E-state index contributed by atoms with van der Waals surface area (Å²) in [5.74, 6) is -0.705. The van der Waals surface area contributed by atoms with Crippen molar-refractivity contribution in [2.75, 3.05) is 13.1 Å². The Morgan fingerprint density at radius 3 is 2.44 bits per heavy atom. The van der Waals surface area contributed by atoms with Crippen LogP contribution >= 0.6 is 0 Å². The van der Waals surface area contributed by atoms with E-state index in [1.165, 1.54) is 0 Å². The van der Waals surface area contributed by atoms with Gasteiger partial charge < -0.3 is 10.2 Å². The molecule has 1 saturated carbocycles. The van der Waals surface area contributed by atoms with Crippen LogP contribution in [-0.2, 0) is 4.79 Å². The normalized spacial score (nSPS) is 31.9. The van der Waals surface area contributed by atoms with E-state index in [4.69, 9.17) is 0 Å². The zero-order chi connectivity index (χ0) is 13.2. The molecule has 0 amide bonds. The zero-order valence-electron chi connectivity index (χ0n) is 11.3. The Morgan fingerprint density at radius 2 is 1.89 bits per heavy atom. The number of hydrogen-bond acceptors (Lipinski definition) is 3. The Morgan fingerprint density at radius 1 is 1.22 bits per heavy atom. The van der Waals surface area contributed by atoms with Crippen molar-refractivity contribution in [3.63, 3.8) is 0 Å². The summed E-state index contributed by atoms with van der Waals surface area (Å²) in [6.07, 6.45) is 7.02. The van der Waals surface area contributed by atoms with Gasteiger partial charge in [0.15, 0.2) is 0 Å². The molecule has 1 atom stereocenters. The average molecular weight is 255 g/mol. The van der Waals surface area contributed by atoms with Crippen LogP contribution in [0.1, 0.15) is 58.3 Å². The number of aliphatic hydroxyl groups is 1. The van der Waals surface area contributed by atoms with E-state index >= 15 is 0 Å². The van der Waals surface area contributed by atoms with Gasteiger partial charge in [0.2, 0.25) is 0 Å². The second kappa shape index (κ2) is 5.17. The molecule has 1 unspecified atom stereocenters. The fraction of sp³-hybridized carbons (Fsp3) is 0.929. The molecule has 4 heteroatoms. The summed E-state index contributed by atoms with van der Waals surface area (Å²) in [7, 11) is 0. The average Bonchev–Trinajstić information content (AvgIpc) is 2.88. The Hall–Kier alpha value is -0.610. The molecule has 1 heterocycles. The highest BCUT2D eigenvalue weighted by atomic mass is 16.4. The molecule has 0 aromatic heterocycles. The molecule has 0 spiro atoms. The van der Waals surface area contributed by atoms with Crippen LogP contribution in [0, 0.1) is 0 Å². The van der Waals surface area contributed by atoms with E-state index in [0.717, 1.165) is 51.5 Å². The fourth-order valence-electron chi connectivity index (χ4n) is 3.76. The zero-order valence-corrected chi connectivity index (χ0v) is 11.3. The monoisotopic (exact) mass is 255 g/mol. The van der Waals surface area contributed by atoms with E-state index in [1.54, 1.807) is 0 Å². The number of carboxylic acid groups (broad SMARTS) is 1. The van der Waals surface area contributed by atoms with Crippen LogP contribution in [0.2, 0.25) is 0 Å². The lowest BCUT2D eigenvalue weighted by Crippen LogP contribution is -2.55. The summed E-state index contributed by atoms with van der Waals surface area (Å²) in [6.45, 7) is 3.39. The molecular weight excluding hydrogens is 230 g/mol. The Balaban J connectivity index is 2.12. The molecule has 2 aliphatic rings. The van der Waals surface area contributed by atoms with Gasteiger partial charge in [-0.2, -0.15) is 0 Å². The highest BCUT2D eigenvalue weighted by molar-refractivity contribution is 5.79. The maximum absolute atomic E-state index is 11.7. The van der Waals surface area contributed by atoms with Crippen LogP contribution in [-0.4, -0.2) is 45.3 Å². The third-order valence-corrected chi connectivity index (χ3v) is 4.70. The largest absolute Gasteiger partial charge is 0.480 e. The van der Waals surface area contributed by atoms with Crippen molar-refractivity contribution in [1.29, 1.82) is 0 Å². The first-order valence-corrected chi connectivity index (χ1v) is 7.23. The lowest BCUT2D eigenvalue weighted by Gasteiger charge is -2.39. The molecular formula is C14H25NO3. The lowest BCUT2D eigenvalue weighted by molar-refractivity contribution is -0.152. The predicted octanol–water partition coefficient (Wildman–Crippen LogP) is 2.01. The quantitative estimate of drug-likeness (QED) is 0.789. The summed E-state index contributed by atoms with van der Waals surface area (Å²) >= 11 is 0. The van der Waals surface area contributed by atoms with Crippen LogP contribution in [0.25, 0.3) is 0 Å². The fourth-order valence-corrected chi connectivity index (χ4v) is 3.76. The van der Waals surface area contributed by atoms with Gasteiger partial charge in [0.1, 0.15) is 5.54 Å². The Kier molecular flexibility index (Phi) is 3.97. The van der Waals surface area contributed by atoms with Crippen molar-refractivity contribution in [3.05, 3.63) is 0 Å². The van der Waals surface area contributed by atoms with Gasteiger partial charge in [-0.15, -0.1) is 0 Å². The molecule has 0 bridgehead atoms. The minimum Gasteiger partial charge on any atom is -0.480 e. The van der Waals surface area contributed by atoms with Gasteiger partial charge in [-0.1, -0.05) is 26.2 Å². The standard InChI is InChI=1S/C14H25NO3/c1-2-6-14(12(16)17)9-5-10-15(14)11-13(18)7-3-4-8-13/h18H,2-11H2,1H3,(H,16,17). The van der Waals surface area contributed by atoms with E-state index in [2.05, 4.69) is 0 Å². The maximum Gasteiger partial charge on any atom is 0.324 e. The van der Waals surface area contributed by atoms with Gasteiger partial charge in [-0.3, -0.25) is 9.69 Å². The molecule has 2 fully saturated rings. The van der Waals surface area contributed by atoms with Gasteiger partial charge in [-0.05, 0) is 38.6 Å². The number of carboxylic acids is 1. The molecule has 1 saturated heterocycles. The van der Waals surface area contributed by atoms with Gasteiger partial charge >= 0.3 is 5.97 Å². The van der Waals surface area contributed by atoms with Crippen LogP contribution < -0.4 is 0 Å². The van der Waals surface area contributed by atoms with Crippen molar-refractivity contribution in [2.24, 2.45) is 0 Å². The number of β-amino-alcohol motifs (C(OH)–C–C–N with tert-alkyl or cyclic N) is 1. The molecule has 0 aromatic rings. The summed E-state index contributed by atoms with van der Waals surface area (Å²) in [5, 5.41) is 20.1. The summed E-state index contributed by atoms with van der Waals surface area (Å²) in [6, 6.07) is 0. The number of aliphatic carboxylic acids is 1. The molecule has 1 aliphatic carbocycles. The number of nitrogens with zero attached hydrogens (tertiary/aromatic N) is 1. The smallest absolute Gasteiger partial charge is 0.324 e. The van der Waals surface area contributed by atoms with Crippen molar-refractivity contribution < 1.29 is 15.0 Å².